The van der Waals surface area contributed by atoms with Gasteiger partial charge in [0.1, 0.15) is 12.7 Å². The van der Waals surface area contributed by atoms with Crippen LogP contribution in [0.4, 0.5) is 13.2 Å². The largest absolute Gasteiger partial charge is 0.404 e. The normalized spacial score (nSPS) is 19.2. The quantitative estimate of drug-likeness (QED) is 0.608. The number of carbonyl (C=O) groups excluding carboxylic acids is 1. The number of amides is 1. The predicted molar refractivity (Wildman–Crippen MR) is 112 cm³/mol. The number of hydrogen-bond acceptors (Lipinski definition) is 4. The van der Waals surface area contributed by atoms with E-state index in [1.807, 2.05) is 42.5 Å². The standard InChI is InChI=1S/C23H24F3N5O/c24-23(25,26)22(10-11-30(15-22)13-19-4-2-1-3-5-19)21(32)28-12-18-6-8-20(9-7-18)14-31-17-27-16-29-31/h1-9,16-17H,10-15H2,(H,28,32). The molecule has 1 aromatic heterocycles. The second-order valence-electron chi connectivity index (χ2n) is 8.12. The average Bonchev–Trinajstić information content (AvgIpc) is 3.44. The first-order valence-electron chi connectivity index (χ1n) is 10.4. The lowest BCUT2D eigenvalue weighted by atomic mass is 9.85. The number of benzene rings is 2. The Morgan fingerprint density at radius 3 is 2.34 bits per heavy atom. The summed E-state index contributed by atoms with van der Waals surface area (Å²) in [5.41, 5.74) is 0.244. The molecule has 2 heterocycles. The van der Waals surface area contributed by atoms with Gasteiger partial charge in [-0.3, -0.25) is 9.69 Å². The Balaban J connectivity index is 1.38. The molecule has 2 aromatic carbocycles. The number of halogens is 3. The van der Waals surface area contributed by atoms with Crippen molar-refractivity contribution >= 4 is 5.91 Å². The van der Waals surface area contributed by atoms with Crippen LogP contribution in [0.3, 0.4) is 0 Å². The van der Waals surface area contributed by atoms with Crippen molar-refractivity contribution in [1.82, 2.24) is 25.0 Å². The van der Waals surface area contributed by atoms with Crippen LogP contribution in [0.25, 0.3) is 0 Å². The smallest absolute Gasteiger partial charge is 0.351 e. The Morgan fingerprint density at radius 2 is 1.69 bits per heavy atom. The molecule has 32 heavy (non-hydrogen) atoms. The van der Waals surface area contributed by atoms with E-state index in [0.717, 1.165) is 16.7 Å². The lowest BCUT2D eigenvalue weighted by Crippen LogP contribution is -2.52. The van der Waals surface area contributed by atoms with Crippen molar-refractivity contribution in [2.75, 3.05) is 13.1 Å². The molecule has 1 amide bonds. The summed E-state index contributed by atoms with van der Waals surface area (Å²) < 4.78 is 43.8. The molecule has 1 atom stereocenters. The summed E-state index contributed by atoms with van der Waals surface area (Å²) in [6.45, 7) is 0.853. The molecule has 1 fully saturated rings. The Morgan fingerprint density at radius 1 is 1.00 bits per heavy atom. The molecule has 0 radical (unpaired) electrons. The van der Waals surface area contributed by atoms with Gasteiger partial charge >= 0.3 is 6.18 Å². The van der Waals surface area contributed by atoms with Gasteiger partial charge in [-0.1, -0.05) is 54.6 Å². The lowest BCUT2D eigenvalue weighted by molar-refractivity contribution is -0.218. The number of alkyl halides is 3. The maximum absolute atomic E-state index is 14.0. The van der Waals surface area contributed by atoms with Gasteiger partial charge in [0.05, 0.1) is 6.54 Å². The Hall–Kier alpha value is -3.20. The van der Waals surface area contributed by atoms with E-state index in [0.29, 0.717) is 13.1 Å². The first kappa shape index (κ1) is 22.0. The number of hydrogen-bond donors (Lipinski definition) is 1. The minimum atomic E-state index is -4.62. The average molecular weight is 443 g/mol. The topological polar surface area (TPSA) is 63.1 Å². The molecule has 1 aliphatic heterocycles. The van der Waals surface area contributed by atoms with E-state index in [9.17, 15) is 18.0 Å². The molecule has 1 aliphatic rings. The monoisotopic (exact) mass is 443 g/mol. The molecule has 1 N–H and O–H groups in total. The van der Waals surface area contributed by atoms with Gasteiger partial charge in [-0.05, 0) is 29.7 Å². The number of rotatable bonds is 7. The molecular weight excluding hydrogens is 419 g/mol. The van der Waals surface area contributed by atoms with Crippen molar-refractivity contribution in [3.63, 3.8) is 0 Å². The number of likely N-dealkylation sites (tertiary alicyclic amines) is 1. The first-order valence-corrected chi connectivity index (χ1v) is 10.4. The third kappa shape index (κ3) is 4.83. The van der Waals surface area contributed by atoms with Crippen molar-refractivity contribution in [2.45, 2.75) is 32.2 Å². The third-order valence-electron chi connectivity index (χ3n) is 5.86. The van der Waals surface area contributed by atoms with E-state index in [2.05, 4.69) is 15.4 Å². The zero-order valence-corrected chi connectivity index (χ0v) is 17.4. The van der Waals surface area contributed by atoms with E-state index in [-0.39, 0.29) is 26.1 Å². The summed E-state index contributed by atoms with van der Waals surface area (Å²) in [4.78, 5) is 18.4. The molecule has 0 spiro atoms. The summed E-state index contributed by atoms with van der Waals surface area (Å²) in [5, 5.41) is 6.56. The first-order chi connectivity index (χ1) is 15.4. The van der Waals surface area contributed by atoms with Crippen LogP contribution >= 0.6 is 0 Å². The van der Waals surface area contributed by atoms with Crippen LogP contribution in [0, 0.1) is 5.41 Å². The van der Waals surface area contributed by atoms with Crippen molar-refractivity contribution in [3.05, 3.63) is 83.9 Å². The highest BCUT2D eigenvalue weighted by molar-refractivity contribution is 5.84. The lowest BCUT2D eigenvalue weighted by Gasteiger charge is -2.30. The van der Waals surface area contributed by atoms with Gasteiger partial charge in [-0.25, -0.2) is 9.67 Å². The summed E-state index contributed by atoms with van der Waals surface area (Å²) >= 11 is 0. The van der Waals surface area contributed by atoms with Crippen molar-refractivity contribution in [3.8, 4) is 0 Å². The van der Waals surface area contributed by atoms with E-state index in [1.54, 1.807) is 28.0 Å². The van der Waals surface area contributed by atoms with E-state index >= 15 is 0 Å². The second kappa shape index (κ2) is 9.12. The third-order valence-corrected chi connectivity index (χ3v) is 5.86. The number of nitrogens with zero attached hydrogens (tertiary/aromatic N) is 4. The molecule has 3 aromatic rings. The van der Waals surface area contributed by atoms with Gasteiger partial charge in [0.15, 0.2) is 5.41 Å². The summed E-state index contributed by atoms with van der Waals surface area (Å²) in [6.07, 6.45) is -1.81. The Bertz CT molecular complexity index is 1020. The minimum Gasteiger partial charge on any atom is -0.351 e. The van der Waals surface area contributed by atoms with Gasteiger partial charge in [-0.15, -0.1) is 0 Å². The molecule has 4 rings (SSSR count). The van der Waals surface area contributed by atoms with Crippen LogP contribution in [-0.4, -0.2) is 44.8 Å². The molecule has 6 nitrogen and oxygen atoms in total. The van der Waals surface area contributed by atoms with Gasteiger partial charge in [-0.2, -0.15) is 18.3 Å². The van der Waals surface area contributed by atoms with Crippen LogP contribution in [0.2, 0.25) is 0 Å². The van der Waals surface area contributed by atoms with Crippen molar-refractivity contribution in [1.29, 1.82) is 0 Å². The maximum Gasteiger partial charge on any atom is 0.404 e. The molecule has 0 saturated carbocycles. The van der Waals surface area contributed by atoms with Crippen molar-refractivity contribution in [2.24, 2.45) is 5.41 Å². The fourth-order valence-electron chi connectivity index (χ4n) is 4.03. The predicted octanol–water partition coefficient (Wildman–Crippen LogP) is 3.40. The zero-order chi connectivity index (χ0) is 22.6. The maximum atomic E-state index is 14.0. The Kier molecular flexibility index (Phi) is 6.27. The van der Waals surface area contributed by atoms with Crippen molar-refractivity contribution < 1.29 is 18.0 Å². The zero-order valence-electron chi connectivity index (χ0n) is 17.4. The van der Waals surface area contributed by atoms with Crippen LogP contribution in [-0.2, 0) is 24.4 Å². The van der Waals surface area contributed by atoms with Crippen LogP contribution < -0.4 is 5.32 Å². The van der Waals surface area contributed by atoms with Crippen LogP contribution in [0.5, 0.6) is 0 Å². The molecule has 1 unspecified atom stereocenters. The molecule has 168 valence electrons. The van der Waals surface area contributed by atoms with Gasteiger partial charge in [0.25, 0.3) is 0 Å². The number of carbonyl (C=O) groups is 1. The SMILES string of the molecule is O=C(NCc1ccc(Cn2cncn2)cc1)C1(C(F)(F)F)CCN(Cc2ccccc2)C1. The molecule has 0 bridgehead atoms. The second-order valence-corrected chi connectivity index (χ2v) is 8.12. The summed E-state index contributed by atoms with van der Waals surface area (Å²) in [6, 6.07) is 16.6. The summed E-state index contributed by atoms with van der Waals surface area (Å²) in [7, 11) is 0. The number of aromatic nitrogens is 3. The fourth-order valence-corrected chi connectivity index (χ4v) is 4.03. The highest BCUT2D eigenvalue weighted by atomic mass is 19.4. The molecule has 9 heteroatoms. The van der Waals surface area contributed by atoms with Gasteiger partial charge in [0, 0.05) is 19.6 Å². The van der Waals surface area contributed by atoms with Crippen LogP contribution in [0.1, 0.15) is 23.1 Å². The highest BCUT2D eigenvalue weighted by Gasteiger charge is 2.62. The molecular formula is C23H24F3N5O. The molecule has 1 saturated heterocycles. The summed E-state index contributed by atoms with van der Waals surface area (Å²) in [5.74, 6) is -0.966. The minimum absolute atomic E-state index is 0.0406. The van der Waals surface area contributed by atoms with Gasteiger partial charge in [0.2, 0.25) is 5.91 Å². The van der Waals surface area contributed by atoms with Crippen LogP contribution in [0.15, 0.2) is 67.3 Å². The highest BCUT2D eigenvalue weighted by Crippen LogP contribution is 2.46. The molecule has 0 aliphatic carbocycles. The number of nitrogens with one attached hydrogen (secondary N) is 1. The van der Waals surface area contributed by atoms with Gasteiger partial charge < -0.3 is 5.32 Å². The fraction of sp³-hybridized carbons (Fsp3) is 0.348. The van der Waals surface area contributed by atoms with E-state index < -0.39 is 17.5 Å². The van der Waals surface area contributed by atoms with E-state index in [4.69, 9.17) is 0 Å². The Labute approximate surface area is 184 Å². The van der Waals surface area contributed by atoms with E-state index in [1.165, 1.54) is 6.33 Å².